The second-order valence-electron chi connectivity index (χ2n) is 10.4. The van der Waals surface area contributed by atoms with E-state index in [1.807, 2.05) is 6.07 Å². The molecule has 0 aromatic heterocycles. The number of hydrogen-bond acceptors (Lipinski definition) is 5. The Bertz CT molecular complexity index is 1130. The molecule has 4 rings (SSSR count). The number of nitrogens with zero attached hydrogens (tertiary/aromatic N) is 1. The maximum atomic E-state index is 13.3. The van der Waals surface area contributed by atoms with Crippen LogP contribution < -0.4 is 0 Å². The molecule has 0 saturated carbocycles. The Balaban J connectivity index is 1.40. The Morgan fingerprint density at radius 2 is 1.95 bits per heavy atom. The zero-order chi connectivity index (χ0) is 26.7. The number of hydrogen-bond donors (Lipinski definition) is 2. The molecule has 8 heteroatoms. The van der Waals surface area contributed by atoms with E-state index in [0.29, 0.717) is 43.9 Å². The van der Waals surface area contributed by atoms with Crippen molar-refractivity contribution >= 4 is 35.5 Å². The van der Waals surface area contributed by atoms with Crippen molar-refractivity contribution in [1.29, 1.82) is 0 Å². The highest BCUT2D eigenvalue weighted by Crippen LogP contribution is 2.49. The third-order valence-corrected chi connectivity index (χ3v) is 8.37. The predicted molar refractivity (Wildman–Crippen MR) is 141 cm³/mol. The van der Waals surface area contributed by atoms with Gasteiger partial charge in [-0.1, -0.05) is 42.2 Å². The Hall–Kier alpha value is -2.64. The molecule has 2 aliphatic heterocycles. The summed E-state index contributed by atoms with van der Waals surface area (Å²) in [6, 6.07) is 4.97. The van der Waals surface area contributed by atoms with E-state index >= 15 is 0 Å². The van der Waals surface area contributed by atoms with Crippen molar-refractivity contribution in [1.82, 2.24) is 4.90 Å². The average Bonchev–Trinajstić information content (AvgIpc) is 3.37. The van der Waals surface area contributed by atoms with Crippen LogP contribution in [0.15, 0.2) is 34.9 Å². The summed E-state index contributed by atoms with van der Waals surface area (Å²) in [6.45, 7) is 4.99. The summed E-state index contributed by atoms with van der Waals surface area (Å²) in [5, 5.41) is 18.9. The summed E-state index contributed by atoms with van der Waals surface area (Å²) in [5.41, 5.74) is 4.47. The molecule has 0 radical (unpaired) electrons. The molecule has 0 unspecified atom stereocenters. The molecule has 1 aromatic carbocycles. The minimum absolute atomic E-state index is 0.0576. The number of aliphatic carboxylic acids is 1. The van der Waals surface area contributed by atoms with Gasteiger partial charge in [0.25, 0.3) is 0 Å². The van der Waals surface area contributed by atoms with Crippen LogP contribution >= 0.6 is 11.6 Å². The monoisotopic (exact) mass is 529 g/mol. The van der Waals surface area contributed by atoms with Gasteiger partial charge < -0.3 is 14.9 Å². The van der Waals surface area contributed by atoms with Crippen LogP contribution in [0.4, 0.5) is 0 Å². The Kier molecular flexibility index (Phi) is 8.75. The summed E-state index contributed by atoms with van der Waals surface area (Å²) < 4.78 is 6.24. The summed E-state index contributed by atoms with van der Waals surface area (Å²) in [5.74, 6) is -1.59. The van der Waals surface area contributed by atoms with Crippen molar-refractivity contribution in [2.75, 3.05) is 13.2 Å². The second kappa shape index (κ2) is 11.8. The SMILES string of the molecule is CC/C(=C\c1ccc(O)cc1Cl)CC[C@H]1OC[C@H]2C1=C(C)C[C@H]1C(=O)N(CCCCCC(=O)O)C(=O)[C@H]12. The number of benzene rings is 1. The number of amides is 2. The van der Waals surface area contributed by atoms with E-state index in [9.17, 15) is 19.5 Å². The van der Waals surface area contributed by atoms with Gasteiger partial charge in [0.05, 0.1) is 29.6 Å². The van der Waals surface area contributed by atoms with Gasteiger partial charge in [-0.25, -0.2) is 0 Å². The van der Waals surface area contributed by atoms with E-state index in [-0.39, 0.29) is 47.8 Å². The van der Waals surface area contributed by atoms with Crippen LogP contribution in [0.1, 0.15) is 70.8 Å². The molecule has 0 bridgehead atoms. The molecule has 37 heavy (non-hydrogen) atoms. The van der Waals surface area contributed by atoms with E-state index in [4.69, 9.17) is 21.4 Å². The number of phenols is 1. The molecule has 2 amide bonds. The largest absolute Gasteiger partial charge is 0.508 e. The van der Waals surface area contributed by atoms with Crippen LogP contribution in [0, 0.1) is 17.8 Å². The number of carboxylic acid groups (broad SMARTS) is 1. The number of halogens is 1. The molecular weight excluding hydrogens is 494 g/mol. The first-order valence-electron chi connectivity index (χ1n) is 13.3. The normalized spacial score (nSPS) is 25.6. The van der Waals surface area contributed by atoms with Gasteiger partial charge in [-0.3, -0.25) is 19.3 Å². The number of rotatable bonds is 11. The van der Waals surface area contributed by atoms with Gasteiger partial charge in [-0.05, 0) is 74.8 Å². The minimum atomic E-state index is -0.824. The van der Waals surface area contributed by atoms with Crippen LogP contribution in [0.3, 0.4) is 0 Å². The highest BCUT2D eigenvalue weighted by molar-refractivity contribution is 6.32. The van der Waals surface area contributed by atoms with E-state index in [1.54, 1.807) is 6.07 Å². The predicted octanol–water partition coefficient (Wildman–Crippen LogP) is 5.60. The third kappa shape index (κ3) is 5.93. The zero-order valence-corrected chi connectivity index (χ0v) is 22.3. The fourth-order valence-corrected chi connectivity index (χ4v) is 6.39. The van der Waals surface area contributed by atoms with Crippen molar-refractivity contribution in [3.8, 4) is 5.75 Å². The molecule has 1 aromatic rings. The quantitative estimate of drug-likeness (QED) is 0.220. The maximum Gasteiger partial charge on any atom is 0.303 e. The first-order valence-corrected chi connectivity index (χ1v) is 13.6. The smallest absolute Gasteiger partial charge is 0.303 e. The van der Waals surface area contributed by atoms with E-state index in [1.165, 1.54) is 27.7 Å². The number of likely N-dealkylation sites (tertiary alicyclic amines) is 1. The second-order valence-corrected chi connectivity index (χ2v) is 10.8. The van der Waals surface area contributed by atoms with Crippen LogP contribution in [-0.2, 0) is 19.1 Å². The van der Waals surface area contributed by atoms with Gasteiger partial charge in [0.1, 0.15) is 5.75 Å². The number of aromatic hydroxyl groups is 1. The number of allylic oxidation sites excluding steroid dienone is 2. The molecule has 2 fully saturated rings. The highest BCUT2D eigenvalue weighted by Gasteiger charge is 2.56. The lowest BCUT2D eigenvalue weighted by molar-refractivity contribution is -0.141. The van der Waals surface area contributed by atoms with E-state index in [0.717, 1.165) is 24.8 Å². The van der Waals surface area contributed by atoms with E-state index < -0.39 is 5.97 Å². The lowest BCUT2D eigenvalue weighted by atomic mass is 9.70. The first-order chi connectivity index (χ1) is 17.7. The Morgan fingerprint density at radius 1 is 1.16 bits per heavy atom. The van der Waals surface area contributed by atoms with Gasteiger partial charge in [-0.2, -0.15) is 0 Å². The number of imide groups is 1. The number of carbonyl (C=O) groups is 3. The van der Waals surface area contributed by atoms with Crippen LogP contribution in [0.5, 0.6) is 5.75 Å². The summed E-state index contributed by atoms with van der Waals surface area (Å²) in [6.07, 6.45) is 7.05. The average molecular weight is 530 g/mol. The molecular formula is C29H36ClNO6. The molecule has 1 aliphatic carbocycles. The molecule has 2 saturated heterocycles. The minimum Gasteiger partial charge on any atom is -0.508 e. The Labute approximate surface area is 223 Å². The molecule has 2 heterocycles. The first kappa shape index (κ1) is 27.4. The number of phenolic OH excluding ortho intramolecular Hbond substituents is 1. The summed E-state index contributed by atoms with van der Waals surface area (Å²) in [4.78, 5) is 38.6. The Morgan fingerprint density at radius 3 is 2.65 bits per heavy atom. The number of unbranched alkanes of at least 4 members (excludes halogenated alkanes) is 2. The van der Waals surface area contributed by atoms with Gasteiger partial charge in [0.15, 0.2) is 0 Å². The zero-order valence-electron chi connectivity index (χ0n) is 21.5. The number of fused-ring (bicyclic) bond motifs is 3. The van der Waals surface area contributed by atoms with Crippen molar-refractivity contribution in [2.24, 2.45) is 17.8 Å². The molecule has 0 spiro atoms. The highest BCUT2D eigenvalue weighted by atomic mass is 35.5. The van der Waals surface area contributed by atoms with Gasteiger partial charge >= 0.3 is 5.97 Å². The molecule has 2 N–H and O–H groups in total. The van der Waals surface area contributed by atoms with Gasteiger partial charge in [0, 0.05) is 18.9 Å². The molecule has 4 atom stereocenters. The van der Waals surface area contributed by atoms with Crippen LogP contribution in [0.2, 0.25) is 5.02 Å². The fraction of sp³-hybridized carbons (Fsp3) is 0.552. The number of ether oxygens (including phenoxy) is 1. The molecule has 200 valence electrons. The lowest BCUT2D eigenvalue weighted by Gasteiger charge is -2.30. The van der Waals surface area contributed by atoms with E-state index in [2.05, 4.69) is 19.9 Å². The standard InChI is InChI=1S/C29H36ClNO6/c1-3-18(14-19-9-10-20(32)15-23(19)30)8-11-24-26-17(2)13-21-27(22(26)16-37-24)29(36)31(28(21)35)12-6-4-5-7-25(33)34/h9-10,14-15,21-22,24,27,32H,3-8,11-13,16H2,1-2H3,(H,33,34)/b18-14+/t21-,22+,24-,27-/m1/s1. The number of carbonyl (C=O) groups excluding carboxylic acids is 2. The summed E-state index contributed by atoms with van der Waals surface area (Å²) >= 11 is 6.29. The van der Waals surface area contributed by atoms with Crippen molar-refractivity contribution in [3.63, 3.8) is 0 Å². The molecule has 7 nitrogen and oxygen atoms in total. The molecule has 3 aliphatic rings. The fourth-order valence-electron chi connectivity index (χ4n) is 6.16. The van der Waals surface area contributed by atoms with Crippen molar-refractivity contribution in [2.45, 2.75) is 71.3 Å². The number of carboxylic acids is 1. The van der Waals surface area contributed by atoms with Crippen molar-refractivity contribution in [3.05, 3.63) is 45.5 Å². The topological polar surface area (TPSA) is 104 Å². The van der Waals surface area contributed by atoms with Crippen LogP contribution in [0.25, 0.3) is 6.08 Å². The van der Waals surface area contributed by atoms with Crippen molar-refractivity contribution < 1.29 is 29.3 Å². The van der Waals surface area contributed by atoms with Gasteiger partial charge in [-0.15, -0.1) is 0 Å². The summed E-state index contributed by atoms with van der Waals surface area (Å²) in [7, 11) is 0. The van der Waals surface area contributed by atoms with Crippen LogP contribution in [-0.4, -0.2) is 52.2 Å². The lowest BCUT2D eigenvalue weighted by Crippen LogP contribution is -2.34. The van der Waals surface area contributed by atoms with Gasteiger partial charge in [0.2, 0.25) is 11.8 Å². The third-order valence-electron chi connectivity index (χ3n) is 8.04. The maximum absolute atomic E-state index is 13.3.